The first-order valence-corrected chi connectivity index (χ1v) is 9.94. The number of amides is 1. The monoisotopic (exact) mass is 361 g/mol. The summed E-state index contributed by atoms with van der Waals surface area (Å²) >= 11 is 0. The molecular weight excluding hydrogens is 338 g/mol. The summed E-state index contributed by atoms with van der Waals surface area (Å²) in [7, 11) is -3.35. The van der Waals surface area contributed by atoms with Crippen LogP contribution in [0.3, 0.4) is 0 Å². The summed E-state index contributed by atoms with van der Waals surface area (Å²) in [6.45, 7) is 0.783. The van der Waals surface area contributed by atoms with E-state index in [0.29, 0.717) is 12.8 Å². The Morgan fingerprint density at radius 3 is 2.40 bits per heavy atom. The van der Waals surface area contributed by atoms with Crippen LogP contribution in [0.1, 0.15) is 17.5 Å². The summed E-state index contributed by atoms with van der Waals surface area (Å²) in [6, 6.07) is 13.3. The van der Waals surface area contributed by atoms with Crippen LogP contribution < -0.4 is 5.32 Å². The molecule has 0 aliphatic rings. The first-order chi connectivity index (χ1) is 11.9. The lowest BCUT2D eigenvalue weighted by Gasteiger charge is -2.20. The van der Waals surface area contributed by atoms with Gasteiger partial charge in [0.25, 0.3) is 0 Å². The van der Waals surface area contributed by atoms with Crippen molar-refractivity contribution in [1.29, 1.82) is 0 Å². The lowest BCUT2D eigenvalue weighted by Crippen LogP contribution is -2.37. The van der Waals surface area contributed by atoms with Gasteiger partial charge >= 0.3 is 0 Å². The Morgan fingerprint density at radius 2 is 1.76 bits per heavy atom. The smallest absolute Gasteiger partial charge is 0.220 e. The van der Waals surface area contributed by atoms with Crippen molar-refractivity contribution in [2.75, 3.05) is 19.3 Å². The van der Waals surface area contributed by atoms with Crippen LogP contribution >= 0.6 is 0 Å². The molecule has 1 aromatic heterocycles. The van der Waals surface area contributed by atoms with E-state index in [2.05, 4.69) is 10.3 Å². The average molecular weight is 361 g/mol. The molecule has 0 radical (unpaired) electrons. The summed E-state index contributed by atoms with van der Waals surface area (Å²) in [6.07, 6.45) is 5.47. The van der Waals surface area contributed by atoms with E-state index in [1.807, 2.05) is 30.3 Å². The highest BCUT2D eigenvalue weighted by Gasteiger charge is 2.17. The van der Waals surface area contributed by atoms with Crippen molar-refractivity contribution >= 4 is 15.9 Å². The number of rotatable bonds is 9. The number of carbonyl (C=O) groups excluding carboxylic acids is 1. The molecule has 0 aliphatic carbocycles. The maximum absolute atomic E-state index is 11.9. The number of hydrogen-bond donors (Lipinski definition) is 1. The zero-order valence-electron chi connectivity index (χ0n) is 14.3. The maximum Gasteiger partial charge on any atom is 0.220 e. The van der Waals surface area contributed by atoms with Gasteiger partial charge in [-0.1, -0.05) is 30.3 Å². The summed E-state index contributed by atoms with van der Waals surface area (Å²) in [4.78, 5) is 15.8. The van der Waals surface area contributed by atoms with Gasteiger partial charge in [-0.05, 0) is 29.7 Å². The second-order valence-corrected chi connectivity index (χ2v) is 7.77. The molecule has 0 saturated heterocycles. The summed E-state index contributed by atoms with van der Waals surface area (Å²) in [5.74, 6) is -0.0822. The van der Waals surface area contributed by atoms with Crippen LogP contribution in [0.5, 0.6) is 0 Å². The van der Waals surface area contributed by atoms with Crippen LogP contribution in [0, 0.1) is 0 Å². The van der Waals surface area contributed by atoms with Crippen LogP contribution in [0.25, 0.3) is 0 Å². The number of aromatic nitrogens is 1. The molecule has 1 N–H and O–H groups in total. The van der Waals surface area contributed by atoms with Crippen molar-refractivity contribution in [3.8, 4) is 0 Å². The Labute approximate surface area is 148 Å². The molecule has 134 valence electrons. The molecule has 0 atom stereocenters. The van der Waals surface area contributed by atoms with E-state index in [4.69, 9.17) is 0 Å². The molecule has 1 aromatic carbocycles. The third-order valence-corrected chi connectivity index (χ3v) is 4.99. The highest BCUT2D eigenvalue weighted by Crippen LogP contribution is 2.07. The Balaban J connectivity index is 1.79. The van der Waals surface area contributed by atoms with Gasteiger partial charge in [0, 0.05) is 38.4 Å². The van der Waals surface area contributed by atoms with E-state index in [-0.39, 0.29) is 25.5 Å². The molecule has 0 aliphatic heterocycles. The van der Waals surface area contributed by atoms with Crippen molar-refractivity contribution in [3.63, 3.8) is 0 Å². The zero-order valence-corrected chi connectivity index (χ0v) is 15.1. The maximum atomic E-state index is 11.9. The SMILES string of the molecule is CS(=O)(=O)N(CCNC(=O)CCc1ccccc1)Cc1ccncc1. The van der Waals surface area contributed by atoms with Gasteiger partial charge in [-0.25, -0.2) is 8.42 Å². The van der Waals surface area contributed by atoms with Gasteiger partial charge in [-0.2, -0.15) is 4.31 Å². The van der Waals surface area contributed by atoms with Crippen molar-refractivity contribution in [3.05, 3.63) is 66.0 Å². The van der Waals surface area contributed by atoms with Crippen molar-refractivity contribution in [1.82, 2.24) is 14.6 Å². The summed E-state index contributed by atoms with van der Waals surface area (Å²) < 4.78 is 25.2. The number of carbonyl (C=O) groups is 1. The number of pyridine rings is 1. The van der Waals surface area contributed by atoms with E-state index in [0.717, 1.165) is 11.1 Å². The molecule has 1 amide bonds. The Hall–Kier alpha value is -2.25. The second-order valence-electron chi connectivity index (χ2n) is 5.79. The summed E-state index contributed by atoms with van der Waals surface area (Å²) in [5.41, 5.74) is 1.96. The predicted molar refractivity (Wildman–Crippen MR) is 97.3 cm³/mol. The minimum Gasteiger partial charge on any atom is -0.355 e. The van der Waals surface area contributed by atoms with Crippen molar-refractivity contribution in [2.24, 2.45) is 0 Å². The first kappa shape index (κ1) is 19.1. The zero-order chi connectivity index (χ0) is 18.1. The molecule has 7 heteroatoms. The second kappa shape index (κ2) is 9.29. The quantitative estimate of drug-likeness (QED) is 0.736. The van der Waals surface area contributed by atoms with Crippen LogP contribution in [-0.2, 0) is 27.8 Å². The third kappa shape index (κ3) is 7.03. The number of benzene rings is 1. The normalized spacial score (nSPS) is 11.4. The molecule has 0 saturated carbocycles. The van der Waals surface area contributed by atoms with Crippen molar-refractivity contribution in [2.45, 2.75) is 19.4 Å². The molecule has 25 heavy (non-hydrogen) atoms. The number of aryl methyl sites for hydroxylation is 1. The van der Waals surface area contributed by atoms with Gasteiger partial charge < -0.3 is 5.32 Å². The molecule has 0 fully saturated rings. The lowest BCUT2D eigenvalue weighted by molar-refractivity contribution is -0.121. The third-order valence-electron chi connectivity index (χ3n) is 3.74. The average Bonchev–Trinajstić information content (AvgIpc) is 2.60. The Bertz CT molecular complexity index is 765. The van der Waals surface area contributed by atoms with Crippen LogP contribution in [0.15, 0.2) is 54.9 Å². The molecule has 2 aromatic rings. The minimum atomic E-state index is -3.35. The van der Waals surface area contributed by atoms with Gasteiger partial charge in [-0.3, -0.25) is 9.78 Å². The van der Waals surface area contributed by atoms with Gasteiger partial charge in [0.15, 0.2) is 0 Å². The fourth-order valence-electron chi connectivity index (χ4n) is 2.36. The fraction of sp³-hybridized carbons (Fsp3) is 0.333. The Morgan fingerprint density at radius 1 is 1.08 bits per heavy atom. The standard InChI is InChI=1S/C18H23N3O3S/c1-25(23,24)21(15-17-9-11-19-12-10-17)14-13-20-18(22)8-7-16-5-3-2-4-6-16/h2-6,9-12H,7-8,13-15H2,1H3,(H,20,22). The molecular formula is C18H23N3O3S. The molecule has 0 bridgehead atoms. The van der Waals surface area contributed by atoms with E-state index >= 15 is 0 Å². The molecule has 0 unspecified atom stereocenters. The van der Waals surface area contributed by atoms with E-state index in [9.17, 15) is 13.2 Å². The largest absolute Gasteiger partial charge is 0.355 e. The Kier molecular flexibility index (Phi) is 7.09. The van der Waals surface area contributed by atoms with Crippen LogP contribution in [0.4, 0.5) is 0 Å². The minimum absolute atomic E-state index is 0.0822. The van der Waals surface area contributed by atoms with Gasteiger partial charge in [0.1, 0.15) is 0 Å². The molecule has 6 nitrogen and oxygen atoms in total. The highest BCUT2D eigenvalue weighted by molar-refractivity contribution is 7.88. The molecule has 0 spiro atoms. The van der Waals surface area contributed by atoms with Gasteiger partial charge in [0.05, 0.1) is 6.26 Å². The summed E-state index contributed by atoms with van der Waals surface area (Å²) in [5, 5.41) is 2.78. The number of nitrogens with one attached hydrogen (secondary N) is 1. The van der Waals surface area contributed by atoms with Crippen LogP contribution in [0.2, 0.25) is 0 Å². The predicted octanol–water partition coefficient (Wildman–Crippen LogP) is 1.59. The molecule has 2 rings (SSSR count). The van der Waals surface area contributed by atoms with Gasteiger partial charge in [-0.15, -0.1) is 0 Å². The first-order valence-electron chi connectivity index (χ1n) is 8.10. The lowest BCUT2D eigenvalue weighted by atomic mass is 10.1. The van der Waals surface area contributed by atoms with Crippen LogP contribution in [-0.4, -0.2) is 43.0 Å². The van der Waals surface area contributed by atoms with Gasteiger partial charge in [0.2, 0.25) is 15.9 Å². The fourth-order valence-corrected chi connectivity index (χ4v) is 3.17. The van der Waals surface area contributed by atoms with E-state index in [1.165, 1.54) is 10.6 Å². The molecule has 1 heterocycles. The number of sulfonamides is 1. The number of hydrogen-bond acceptors (Lipinski definition) is 4. The van der Waals surface area contributed by atoms with E-state index < -0.39 is 10.0 Å². The topological polar surface area (TPSA) is 79.4 Å². The van der Waals surface area contributed by atoms with Crippen molar-refractivity contribution < 1.29 is 13.2 Å². The number of nitrogens with zero attached hydrogens (tertiary/aromatic N) is 2. The highest BCUT2D eigenvalue weighted by atomic mass is 32.2. The van der Waals surface area contributed by atoms with E-state index in [1.54, 1.807) is 24.5 Å².